The minimum Gasteiger partial charge on any atom is -0.466 e. The van der Waals surface area contributed by atoms with Crippen LogP contribution < -0.4 is 0 Å². The van der Waals surface area contributed by atoms with Crippen LogP contribution in [0.5, 0.6) is 0 Å². The van der Waals surface area contributed by atoms with E-state index in [0.717, 1.165) is 24.3 Å². The molecule has 2 heterocycles. The molecule has 0 radical (unpaired) electrons. The van der Waals surface area contributed by atoms with Crippen molar-refractivity contribution in [1.29, 1.82) is 0 Å². The molecule has 1 aliphatic heterocycles. The summed E-state index contributed by atoms with van der Waals surface area (Å²) < 4.78 is 11.4. The molecule has 0 spiro atoms. The third-order valence-corrected chi connectivity index (χ3v) is 3.37. The van der Waals surface area contributed by atoms with Crippen molar-refractivity contribution in [3.8, 4) is 0 Å². The van der Waals surface area contributed by atoms with Crippen LogP contribution in [0.3, 0.4) is 0 Å². The molecule has 3 rings (SSSR count). The molecule has 0 saturated heterocycles. The van der Waals surface area contributed by atoms with Gasteiger partial charge in [-0.05, 0) is 25.1 Å². The van der Waals surface area contributed by atoms with Gasteiger partial charge in [-0.3, -0.25) is 0 Å². The zero-order valence-electron chi connectivity index (χ0n) is 10.3. The van der Waals surface area contributed by atoms with E-state index in [4.69, 9.17) is 21.7 Å². The molecule has 1 unspecified atom stereocenters. The fourth-order valence-corrected chi connectivity index (χ4v) is 2.48. The largest absolute Gasteiger partial charge is 0.466 e. The fourth-order valence-electron chi connectivity index (χ4n) is 2.31. The highest BCUT2D eigenvalue weighted by atomic mass is 32.1. The summed E-state index contributed by atoms with van der Waals surface area (Å²) in [5.74, 6) is 0.761. The third kappa shape index (κ3) is 2.56. The van der Waals surface area contributed by atoms with Gasteiger partial charge < -0.3 is 19.4 Å². The molecular formula is C14H14N2O2S. The first-order chi connectivity index (χ1) is 9.34. The number of aromatic amines is 2. The molecule has 0 aromatic carbocycles. The monoisotopic (exact) mass is 274 g/mol. The van der Waals surface area contributed by atoms with E-state index in [1.807, 2.05) is 6.20 Å². The Morgan fingerprint density at radius 3 is 2.89 bits per heavy atom. The summed E-state index contributed by atoms with van der Waals surface area (Å²) in [6.07, 6.45) is 15.0. The van der Waals surface area contributed by atoms with Crippen LogP contribution in [0.2, 0.25) is 0 Å². The predicted octanol–water partition coefficient (Wildman–Crippen LogP) is 3.79. The summed E-state index contributed by atoms with van der Waals surface area (Å²) in [7, 11) is 0. The highest BCUT2D eigenvalue weighted by Crippen LogP contribution is 2.36. The second-order valence-electron chi connectivity index (χ2n) is 4.39. The molecule has 1 aliphatic carbocycles. The molecular weight excluding hydrogens is 260 g/mol. The van der Waals surface area contributed by atoms with Crippen LogP contribution in [0.25, 0.3) is 0 Å². The van der Waals surface area contributed by atoms with Gasteiger partial charge in [0.15, 0.2) is 10.5 Å². The van der Waals surface area contributed by atoms with Gasteiger partial charge in [-0.25, -0.2) is 0 Å². The molecule has 98 valence electrons. The second-order valence-corrected chi connectivity index (χ2v) is 4.79. The Morgan fingerprint density at radius 1 is 1.32 bits per heavy atom. The molecule has 1 aromatic rings. The maximum absolute atomic E-state index is 5.58. The molecule has 2 N–H and O–H groups in total. The first-order valence-corrected chi connectivity index (χ1v) is 6.56. The van der Waals surface area contributed by atoms with Crippen LogP contribution in [0.4, 0.5) is 0 Å². The second kappa shape index (κ2) is 5.32. The van der Waals surface area contributed by atoms with Crippen molar-refractivity contribution < 1.29 is 9.47 Å². The van der Waals surface area contributed by atoms with Crippen LogP contribution in [-0.2, 0) is 9.47 Å². The number of H-pyrrole nitrogens is 2. The van der Waals surface area contributed by atoms with Gasteiger partial charge in [0.25, 0.3) is 0 Å². The van der Waals surface area contributed by atoms with Crippen LogP contribution in [0, 0.1) is 4.77 Å². The van der Waals surface area contributed by atoms with Crippen molar-refractivity contribution >= 4 is 12.2 Å². The molecule has 4 nitrogen and oxygen atoms in total. The molecule has 0 bridgehead atoms. The van der Waals surface area contributed by atoms with Crippen LogP contribution >= 0.6 is 12.2 Å². The number of ether oxygens (including phenoxy) is 2. The lowest BCUT2D eigenvalue weighted by Gasteiger charge is -2.23. The number of allylic oxidation sites excluding steroid dienone is 4. The predicted molar refractivity (Wildman–Crippen MR) is 74.6 cm³/mol. The molecule has 19 heavy (non-hydrogen) atoms. The molecule has 5 heteroatoms. The lowest BCUT2D eigenvalue weighted by molar-refractivity contribution is 0.241. The van der Waals surface area contributed by atoms with Gasteiger partial charge >= 0.3 is 0 Å². The standard InChI is InChI=1S/C14H14N2O2S/c19-14-15-8-11(16-14)13(10-4-2-1-3-5-10)12-9-17-6-7-18-12/h1-2,4,6-9,13H,3,5H2,(H2,15,16,19). The minimum atomic E-state index is 0.00264. The molecule has 0 fully saturated rings. The van der Waals surface area contributed by atoms with Crippen molar-refractivity contribution in [3.63, 3.8) is 0 Å². The SMILES string of the molecule is S=c1[nH]cc(C(C2=CC=CCC2)C2=COC=CO2)[nH]1. The van der Waals surface area contributed by atoms with Gasteiger partial charge in [-0.1, -0.05) is 23.8 Å². The van der Waals surface area contributed by atoms with Gasteiger partial charge in [0, 0.05) is 11.9 Å². The number of imidazole rings is 1. The van der Waals surface area contributed by atoms with Crippen molar-refractivity contribution in [2.45, 2.75) is 18.8 Å². The zero-order chi connectivity index (χ0) is 13.1. The molecule has 0 saturated carbocycles. The van der Waals surface area contributed by atoms with E-state index in [-0.39, 0.29) is 5.92 Å². The zero-order valence-corrected chi connectivity index (χ0v) is 11.1. The quantitative estimate of drug-likeness (QED) is 0.824. The average molecular weight is 274 g/mol. The third-order valence-electron chi connectivity index (χ3n) is 3.15. The number of rotatable bonds is 3. The van der Waals surface area contributed by atoms with E-state index < -0.39 is 0 Å². The van der Waals surface area contributed by atoms with Gasteiger partial charge in [0.1, 0.15) is 18.8 Å². The Morgan fingerprint density at radius 2 is 2.26 bits per heavy atom. The summed E-state index contributed by atoms with van der Waals surface area (Å²) in [6, 6.07) is 0. The van der Waals surface area contributed by atoms with Crippen LogP contribution in [0.1, 0.15) is 24.5 Å². The maximum atomic E-state index is 5.58. The van der Waals surface area contributed by atoms with E-state index in [2.05, 4.69) is 28.2 Å². The number of hydrogen-bond donors (Lipinski definition) is 2. The first-order valence-electron chi connectivity index (χ1n) is 6.15. The lowest BCUT2D eigenvalue weighted by Crippen LogP contribution is -2.11. The van der Waals surface area contributed by atoms with E-state index in [0.29, 0.717) is 4.77 Å². The Hall–Kier alpha value is -2.01. The van der Waals surface area contributed by atoms with Crippen LogP contribution in [-0.4, -0.2) is 9.97 Å². The Labute approximate surface area is 116 Å². The summed E-state index contributed by atoms with van der Waals surface area (Å²) >= 11 is 5.10. The van der Waals surface area contributed by atoms with Crippen molar-refractivity contribution in [1.82, 2.24) is 9.97 Å². The Kier molecular flexibility index (Phi) is 3.37. The van der Waals surface area contributed by atoms with Gasteiger partial charge in [0.2, 0.25) is 0 Å². The van der Waals surface area contributed by atoms with Crippen molar-refractivity contribution in [2.75, 3.05) is 0 Å². The first kappa shape index (κ1) is 12.0. The van der Waals surface area contributed by atoms with Gasteiger partial charge in [0.05, 0.1) is 5.92 Å². The highest BCUT2D eigenvalue weighted by molar-refractivity contribution is 7.71. The lowest BCUT2D eigenvalue weighted by atomic mass is 9.88. The average Bonchev–Trinajstić information content (AvgIpc) is 2.88. The maximum Gasteiger partial charge on any atom is 0.174 e. The smallest absolute Gasteiger partial charge is 0.174 e. The number of nitrogens with one attached hydrogen (secondary N) is 2. The summed E-state index contributed by atoms with van der Waals surface area (Å²) in [4.78, 5) is 6.16. The van der Waals surface area contributed by atoms with E-state index in [1.54, 1.807) is 12.5 Å². The highest BCUT2D eigenvalue weighted by Gasteiger charge is 2.25. The molecule has 2 aliphatic rings. The minimum absolute atomic E-state index is 0.00264. The number of aromatic nitrogens is 2. The summed E-state index contributed by atoms with van der Waals surface area (Å²) in [5.41, 5.74) is 2.26. The summed E-state index contributed by atoms with van der Waals surface area (Å²) in [6.45, 7) is 0. The van der Waals surface area contributed by atoms with E-state index in [9.17, 15) is 0 Å². The van der Waals surface area contributed by atoms with Gasteiger partial charge in [-0.2, -0.15) is 0 Å². The Bertz CT molecular complexity index is 634. The number of hydrogen-bond acceptors (Lipinski definition) is 3. The summed E-state index contributed by atoms with van der Waals surface area (Å²) in [5, 5.41) is 0. The van der Waals surface area contributed by atoms with E-state index >= 15 is 0 Å². The fraction of sp³-hybridized carbons (Fsp3) is 0.214. The molecule has 1 aromatic heterocycles. The molecule has 0 amide bonds. The van der Waals surface area contributed by atoms with Crippen LogP contribution in [0.15, 0.2) is 54.5 Å². The normalized spacial score (nSPS) is 19.2. The topological polar surface area (TPSA) is 50.0 Å². The van der Waals surface area contributed by atoms with Crippen molar-refractivity contribution in [3.05, 3.63) is 65.0 Å². The van der Waals surface area contributed by atoms with E-state index in [1.165, 1.54) is 11.8 Å². The van der Waals surface area contributed by atoms with Crippen molar-refractivity contribution in [2.24, 2.45) is 0 Å². The van der Waals surface area contributed by atoms with Gasteiger partial charge in [-0.15, -0.1) is 0 Å². The Balaban J connectivity index is 2.00. The molecule has 1 atom stereocenters.